The van der Waals surface area contributed by atoms with E-state index < -0.39 is 0 Å². The third-order valence-electron chi connectivity index (χ3n) is 8.48. The summed E-state index contributed by atoms with van der Waals surface area (Å²) >= 11 is 0. The fourth-order valence-electron chi connectivity index (χ4n) is 7.06. The third-order valence-corrected chi connectivity index (χ3v) is 8.48. The van der Waals surface area contributed by atoms with E-state index in [4.69, 9.17) is 0 Å². The maximum atomic E-state index is 4.58. The highest BCUT2D eigenvalue weighted by Crippen LogP contribution is 2.56. The molecule has 0 radical (unpaired) electrons. The number of rotatable bonds is 2. The summed E-state index contributed by atoms with van der Waals surface area (Å²) in [4.78, 5) is 0. The van der Waals surface area contributed by atoms with E-state index in [9.17, 15) is 0 Å². The van der Waals surface area contributed by atoms with Gasteiger partial charge >= 0.3 is 0 Å². The molecule has 5 aromatic carbocycles. The molecule has 37 heavy (non-hydrogen) atoms. The number of allylic oxidation sites excluding steroid dienone is 6. The molecule has 174 valence electrons. The van der Waals surface area contributed by atoms with Gasteiger partial charge in [-0.15, -0.1) is 0 Å². The summed E-state index contributed by atoms with van der Waals surface area (Å²) in [6, 6.07) is 31.2. The fourth-order valence-corrected chi connectivity index (χ4v) is 7.06. The Morgan fingerprint density at radius 2 is 1.24 bits per heavy atom. The van der Waals surface area contributed by atoms with Crippen molar-refractivity contribution in [2.45, 2.75) is 19.3 Å². The molecule has 0 atom stereocenters. The summed E-state index contributed by atoms with van der Waals surface area (Å²) in [6.45, 7) is 9.16. The van der Waals surface area contributed by atoms with E-state index in [1.54, 1.807) is 0 Å². The van der Waals surface area contributed by atoms with E-state index in [0.717, 1.165) is 19.3 Å². The second-order valence-electron chi connectivity index (χ2n) is 10.5. The number of hydrogen-bond acceptors (Lipinski definition) is 0. The first-order valence-electron chi connectivity index (χ1n) is 13.2. The first-order chi connectivity index (χ1) is 18.2. The molecule has 0 fully saturated rings. The molecule has 0 bridgehead atoms. The van der Waals surface area contributed by atoms with Crippen molar-refractivity contribution in [3.05, 3.63) is 132 Å². The predicted octanol–water partition coefficient (Wildman–Crippen LogP) is 10.3. The van der Waals surface area contributed by atoms with Crippen LogP contribution in [0.2, 0.25) is 0 Å². The van der Waals surface area contributed by atoms with Crippen molar-refractivity contribution in [2.75, 3.05) is 0 Å². The summed E-state index contributed by atoms with van der Waals surface area (Å²) in [6.07, 6.45) is 7.70. The Bertz CT molecular complexity index is 1890. The SMILES string of the molecule is C=C1CC(=C)c2c1c(-c1ccccc1)c1cc3c4c(cccc4c1c2-c1ccccc1)C1=C3CCC=C1. The minimum Gasteiger partial charge on any atom is -0.0949 e. The molecule has 0 spiro atoms. The zero-order valence-electron chi connectivity index (χ0n) is 20.8. The monoisotopic (exact) mass is 470 g/mol. The van der Waals surface area contributed by atoms with Crippen LogP contribution in [-0.4, -0.2) is 0 Å². The van der Waals surface area contributed by atoms with Crippen LogP contribution in [0.15, 0.2) is 110 Å². The van der Waals surface area contributed by atoms with Gasteiger partial charge in [-0.2, -0.15) is 0 Å². The van der Waals surface area contributed by atoms with Crippen LogP contribution in [-0.2, 0) is 0 Å². The van der Waals surface area contributed by atoms with Crippen LogP contribution >= 0.6 is 0 Å². The lowest BCUT2D eigenvalue weighted by Crippen LogP contribution is -1.98. The van der Waals surface area contributed by atoms with Crippen LogP contribution < -0.4 is 0 Å². The van der Waals surface area contributed by atoms with Gasteiger partial charge in [0, 0.05) is 0 Å². The molecule has 0 heteroatoms. The van der Waals surface area contributed by atoms with Crippen molar-refractivity contribution in [1.82, 2.24) is 0 Å². The molecule has 0 N–H and O–H groups in total. The van der Waals surface area contributed by atoms with Gasteiger partial charge < -0.3 is 0 Å². The van der Waals surface area contributed by atoms with Crippen molar-refractivity contribution in [3.8, 4) is 22.3 Å². The zero-order valence-corrected chi connectivity index (χ0v) is 20.8. The van der Waals surface area contributed by atoms with Gasteiger partial charge in [-0.25, -0.2) is 0 Å². The Morgan fingerprint density at radius 1 is 0.568 bits per heavy atom. The lowest BCUT2D eigenvalue weighted by molar-refractivity contribution is 1.06. The second-order valence-corrected chi connectivity index (χ2v) is 10.5. The molecule has 5 aromatic rings. The summed E-state index contributed by atoms with van der Waals surface area (Å²) < 4.78 is 0. The number of benzene rings is 5. The average molecular weight is 471 g/mol. The van der Waals surface area contributed by atoms with Crippen molar-refractivity contribution in [3.63, 3.8) is 0 Å². The van der Waals surface area contributed by atoms with Crippen LogP contribution in [0.4, 0.5) is 0 Å². The van der Waals surface area contributed by atoms with Crippen LogP contribution in [0.3, 0.4) is 0 Å². The molecule has 0 nitrogen and oxygen atoms in total. The first-order valence-corrected chi connectivity index (χ1v) is 13.2. The maximum Gasteiger partial charge on any atom is -0.00133 e. The molecule has 0 saturated carbocycles. The molecule has 0 amide bonds. The van der Waals surface area contributed by atoms with E-state index >= 15 is 0 Å². The normalized spacial score (nSPS) is 15.7. The Kier molecular flexibility index (Phi) is 4.23. The van der Waals surface area contributed by atoms with Crippen LogP contribution in [0.5, 0.6) is 0 Å². The average Bonchev–Trinajstić information content (AvgIpc) is 3.43. The third kappa shape index (κ3) is 2.73. The van der Waals surface area contributed by atoms with Gasteiger partial charge in [0.1, 0.15) is 0 Å². The molecule has 0 aliphatic heterocycles. The van der Waals surface area contributed by atoms with Gasteiger partial charge in [-0.05, 0) is 114 Å². The molecule has 0 heterocycles. The molecule has 3 aliphatic rings. The Hall–Kier alpha value is -4.42. The smallest absolute Gasteiger partial charge is 0.00133 e. The van der Waals surface area contributed by atoms with E-state index in [2.05, 4.69) is 110 Å². The molecule has 0 unspecified atom stereocenters. The van der Waals surface area contributed by atoms with Gasteiger partial charge in [-0.1, -0.05) is 104 Å². The zero-order chi connectivity index (χ0) is 24.7. The lowest BCUT2D eigenvalue weighted by Gasteiger charge is -2.22. The van der Waals surface area contributed by atoms with Gasteiger partial charge in [0.25, 0.3) is 0 Å². The highest BCUT2D eigenvalue weighted by Gasteiger charge is 2.32. The minimum atomic E-state index is 0.821. The summed E-state index contributed by atoms with van der Waals surface area (Å²) in [5.74, 6) is 0. The highest BCUT2D eigenvalue weighted by molar-refractivity contribution is 6.29. The topological polar surface area (TPSA) is 0 Å². The van der Waals surface area contributed by atoms with E-state index in [-0.39, 0.29) is 0 Å². The van der Waals surface area contributed by atoms with E-state index in [1.807, 2.05) is 0 Å². The van der Waals surface area contributed by atoms with Gasteiger partial charge in [0.15, 0.2) is 0 Å². The number of hydrogen-bond donors (Lipinski definition) is 0. The standard InChI is InChI=1S/C37H26/c1-22-20-23(2)33-32(22)34(24-12-5-3-6-13-24)31-21-30-27-17-10-9-16-26(27)28-18-11-19-29(36(28)30)37(31)35(33)25-14-7-4-8-15-25/h3-9,11-16,18-19,21H,1-2,10,17,20H2. The summed E-state index contributed by atoms with van der Waals surface area (Å²) in [5.41, 5.74) is 15.7. The predicted molar refractivity (Wildman–Crippen MR) is 160 cm³/mol. The minimum absolute atomic E-state index is 0.821. The first kappa shape index (κ1) is 20.7. The lowest BCUT2D eigenvalue weighted by atomic mass is 9.80. The Labute approximate surface area is 217 Å². The summed E-state index contributed by atoms with van der Waals surface area (Å²) in [5, 5.41) is 5.41. The molecule has 8 rings (SSSR count). The van der Waals surface area contributed by atoms with Crippen molar-refractivity contribution in [2.24, 2.45) is 0 Å². The van der Waals surface area contributed by atoms with Gasteiger partial charge in [-0.3, -0.25) is 0 Å². The van der Waals surface area contributed by atoms with Crippen LogP contribution in [0.1, 0.15) is 41.5 Å². The fraction of sp³-hybridized carbons (Fsp3) is 0.0811. The molecule has 3 aliphatic carbocycles. The van der Waals surface area contributed by atoms with Gasteiger partial charge in [0.2, 0.25) is 0 Å². The van der Waals surface area contributed by atoms with Gasteiger partial charge in [0.05, 0.1) is 0 Å². The van der Waals surface area contributed by atoms with E-state index in [0.29, 0.717) is 0 Å². The van der Waals surface area contributed by atoms with Crippen molar-refractivity contribution in [1.29, 1.82) is 0 Å². The molecular weight excluding hydrogens is 444 g/mol. The highest BCUT2D eigenvalue weighted by atomic mass is 14.4. The van der Waals surface area contributed by atoms with Crippen LogP contribution in [0, 0.1) is 0 Å². The van der Waals surface area contributed by atoms with Crippen molar-refractivity contribution < 1.29 is 0 Å². The number of fused-ring (bicyclic) bond motifs is 5. The Morgan fingerprint density at radius 3 is 1.97 bits per heavy atom. The van der Waals surface area contributed by atoms with E-state index in [1.165, 1.54) is 88.3 Å². The largest absolute Gasteiger partial charge is 0.0949 e. The molecule has 0 aromatic heterocycles. The molecule has 0 saturated heterocycles. The van der Waals surface area contributed by atoms with Crippen molar-refractivity contribution >= 4 is 43.8 Å². The Balaban J connectivity index is 1.67. The quantitative estimate of drug-likeness (QED) is 0.225. The van der Waals surface area contributed by atoms with Crippen LogP contribution in [0.25, 0.3) is 66.1 Å². The second kappa shape index (κ2) is 7.54. The summed E-state index contributed by atoms with van der Waals surface area (Å²) in [7, 11) is 0. The maximum absolute atomic E-state index is 4.58. The molecular formula is C37H26.